The molecule has 2 aromatic rings. The zero-order valence-corrected chi connectivity index (χ0v) is 20.5. The molecule has 1 atom stereocenters. The molecular formula is C28H32N2O6. The molecule has 0 spiro atoms. The number of hydrogen-bond acceptors (Lipinski definition) is 7. The number of hydrogen-bond donors (Lipinski definition) is 1. The Balaban J connectivity index is 1.68. The van der Waals surface area contributed by atoms with Gasteiger partial charge in [-0.05, 0) is 48.9 Å². The summed E-state index contributed by atoms with van der Waals surface area (Å²) in [6.45, 7) is 10.2. The number of aliphatic hydroxyl groups is 1. The van der Waals surface area contributed by atoms with Crippen LogP contribution in [0.4, 0.5) is 0 Å². The molecule has 36 heavy (non-hydrogen) atoms. The Morgan fingerprint density at radius 1 is 1.03 bits per heavy atom. The second-order valence-corrected chi connectivity index (χ2v) is 8.57. The number of Topliss-reactive ketones (excluding diaryl/α,β-unsaturated/α-hetero) is 1. The lowest BCUT2D eigenvalue weighted by Crippen LogP contribution is -2.42. The molecule has 0 aromatic heterocycles. The van der Waals surface area contributed by atoms with Crippen molar-refractivity contribution in [2.45, 2.75) is 13.0 Å². The third-order valence-corrected chi connectivity index (χ3v) is 6.30. The Morgan fingerprint density at radius 3 is 2.31 bits per heavy atom. The van der Waals surface area contributed by atoms with E-state index in [1.165, 1.54) is 0 Å². The van der Waals surface area contributed by atoms with Crippen molar-refractivity contribution in [1.82, 2.24) is 9.80 Å². The van der Waals surface area contributed by atoms with E-state index in [1.807, 2.05) is 31.2 Å². The van der Waals surface area contributed by atoms with Crippen molar-refractivity contribution in [2.75, 3.05) is 52.6 Å². The second kappa shape index (κ2) is 11.9. The summed E-state index contributed by atoms with van der Waals surface area (Å²) in [7, 11) is 0. The Bertz CT molecular complexity index is 1100. The molecule has 0 unspecified atom stereocenters. The van der Waals surface area contributed by atoms with Crippen LogP contribution in [-0.4, -0.2) is 79.2 Å². The molecule has 8 heteroatoms. The molecule has 2 heterocycles. The summed E-state index contributed by atoms with van der Waals surface area (Å²) in [6.07, 6.45) is 1.64. The molecule has 2 saturated heterocycles. The van der Waals surface area contributed by atoms with Crippen LogP contribution in [0.5, 0.6) is 11.5 Å². The van der Waals surface area contributed by atoms with Crippen molar-refractivity contribution in [3.05, 3.63) is 77.9 Å². The van der Waals surface area contributed by atoms with Crippen molar-refractivity contribution >= 4 is 17.4 Å². The van der Waals surface area contributed by atoms with E-state index in [-0.39, 0.29) is 11.3 Å². The second-order valence-electron chi connectivity index (χ2n) is 8.57. The van der Waals surface area contributed by atoms with Gasteiger partial charge in [-0.25, -0.2) is 0 Å². The van der Waals surface area contributed by atoms with Gasteiger partial charge >= 0.3 is 0 Å². The number of benzene rings is 2. The number of amides is 1. The maximum absolute atomic E-state index is 13.2. The van der Waals surface area contributed by atoms with Gasteiger partial charge in [0.05, 0.1) is 31.4 Å². The number of carbonyl (C=O) groups excluding carboxylic acids is 2. The SMILES string of the molecule is C=CCOc1ccc(/C(O)=C2\C(=O)C(=O)N(CCN3CCOCC3)[C@H]2c2ccc(OCC)cc2)cc1. The van der Waals surface area contributed by atoms with Gasteiger partial charge in [0, 0.05) is 31.7 Å². The molecule has 4 rings (SSSR count). The first-order chi connectivity index (χ1) is 17.5. The predicted octanol–water partition coefficient (Wildman–Crippen LogP) is 3.40. The number of ether oxygens (including phenoxy) is 3. The predicted molar refractivity (Wildman–Crippen MR) is 136 cm³/mol. The lowest BCUT2D eigenvalue weighted by molar-refractivity contribution is -0.140. The number of nitrogens with zero attached hydrogens (tertiary/aromatic N) is 2. The molecule has 2 aromatic carbocycles. The summed E-state index contributed by atoms with van der Waals surface area (Å²) in [4.78, 5) is 30.2. The van der Waals surface area contributed by atoms with E-state index in [9.17, 15) is 14.7 Å². The van der Waals surface area contributed by atoms with Gasteiger partial charge in [-0.1, -0.05) is 24.8 Å². The Kier molecular flexibility index (Phi) is 8.40. The van der Waals surface area contributed by atoms with Crippen molar-refractivity contribution in [3.63, 3.8) is 0 Å². The number of aliphatic hydroxyl groups excluding tert-OH is 1. The normalized spacial score (nSPS) is 19.9. The smallest absolute Gasteiger partial charge is 0.295 e. The van der Waals surface area contributed by atoms with Crippen LogP contribution in [0.15, 0.2) is 66.8 Å². The lowest BCUT2D eigenvalue weighted by atomic mass is 9.95. The fourth-order valence-corrected chi connectivity index (χ4v) is 4.46. The van der Waals surface area contributed by atoms with Gasteiger partial charge in [-0.2, -0.15) is 0 Å². The summed E-state index contributed by atoms with van der Waals surface area (Å²) in [5.41, 5.74) is 1.24. The standard InChI is InChI=1S/C28H32N2O6/c1-3-17-36-23-11-7-21(8-12-23)26(31)24-25(20-5-9-22(10-6-20)35-4-2)30(28(33)27(24)32)14-13-29-15-18-34-19-16-29/h3,5-12,25,31H,1,4,13-19H2,2H3/b26-24+/t25-/m0/s1. The molecule has 0 aliphatic carbocycles. The summed E-state index contributed by atoms with van der Waals surface area (Å²) < 4.78 is 16.5. The van der Waals surface area contributed by atoms with E-state index < -0.39 is 17.7 Å². The van der Waals surface area contributed by atoms with Crippen LogP contribution in [0.25, 0.3) is 5.76 Å². The topological polar surface area (TPSA) is 88.5 Å². The Morgan fingerprint density at radius 2 is 1.67 bits per heavy atom. The maximum atomic E-state index is 13.2. The average Bonchev–Trinajstić information content (AvgIpc) is 3.17. The third kappa shape index (κ3) is 5.61. The van der Waals surface area contributed by atoms with E-state index in [0.29, 0.717) is 56.6 Å². The molecule has 1 N–H and O–H groups in total. The van der Waals surface area contributed by atoms with Crippen LogP contribution < -0.4 is 9.47 Å². The minimum absolute atomic E-state index is 0.0749. The summed E-state index contributed by atoms with van der Waals surface area (Å²) in [6, 6.07) is 13.3. The van der Waals surface area contributed by atoms with Crippen molar-refractivity contribution < 1.29 is 28.9 Å². The summed E-state index contributed by atoms with van der Waals surface area (Å²) in [5.74, 6) is -0.214. The van der Waals surface area contributed by atoms with Gasteiger partial charge in [0.2, 0.25) is 0 Å². The minimum Gasteiger partial charge on any atom is -0.507 e. The van der Waals surface area contributed by atoms with Crippen LogP contribution >= 0.6 is 0 Å². The van der Waals surface area contributed by atoms with Gasteiger partial charge in [0.25, 0.3) is 11.7 Å². The Hall–Kier alpha value is -3.62. The average molecular weight is 493 g/mol. The first-order valence-electron chi connectivity index (χ1n) is 12.2. The van der Waals surface area contributed by atoms with Crippen LogP contribution in [0.3, 0.4) is 0 Å². The van der Waals surface area contributed by atoms with Gasteiger partial charge in [-0.3, -0.25) is 14.5 Å². The fraction of sp³-hybridized carbons (Fsp3) is 0.357. The highest BCUT2D eigenvalue weighted by Gasteiger charge is 2.46. The van der Waals surface area contributed by atoms with Crippen LogP contribution in [0.1, 0.15) is 24.1 Å². The molecule has 190 valence electrons. The quantitative estimate of drug-likeness (QED) is 0.235. The van der Waals surface area contributed by atoms with Crippen LogP contribution in [0, 0.1) is 0 Å². The van der Waals surface area contributed by atoms with E-state index in [0.717, 1.165) is 18.7 Å². The highest BCUT2D eigenvalue weighted by Crippen LogP contribution is 2.40. The molecule has 2 fully saturated rings. The first-order valence-corrected chi connectivity index (χ1v) is 12.2. The Labute approximate surface area is 211 Å². The number of likely N-dealkylation sites (tertiary alicyclic amines) is 1. The summed E-state index contributed by atoms with van der Waals surface area (Å²) >= 11 is 0. The zero-order valence-electron chi connectivity index (χ0n) is 20.5. The third-order valence-electron chi connectivity index (χ3n) is 6.30. The highest BCUT2D eigenvalue weighted by atomic mass is 16.5. The van der Waals surface area contributed by atoms with Crippen molar-refractivity contribution in [3.8, 4) is 11.5 Å². The highest BCUT2D eigenvalue weighted by molar-refractivity contribution is 6.46. The molecule has 1 amide bonds. The monoisotopic (exact) mass is 492 g/mol. The van der Waals surface area contributed by atoms with E-state index in [2.05, 4.69) is 11.5 Å². The first kappa shape index (κ1) is 25.5. The molecule has 0 radical (unpaired) electrons. The molecule has 8 nitrogen and oxygen atoms in total. The maximum Gasteiger partial charge on any atom is 0.295 e. The lowest BCUT2D eigenvalue weighted by Gasteiger charge is -2.31. The zero-order chi connectivity index (χ0) is 25.5. The number of rotatable bonds is 10. The van der Waals surface area contributed by atoms with E-state index in [1.54, 1.807) is 35.2 Å². The van der Waals surface area contributed by atoms with Crippen molar-refractivity contribution in [1.29, 1.82) is 0 Å². The van der Waals surface area contributed by atoms with Gasteiger partial charge in [0.1, 0.15) is 23.9 Å². The van der Waals surface area contributed by atoms with Crippen molar-refractivity contribution in [2.24, 2.45) is 0 Å². The van der Waals surface area contributed by atoms with Crippen LogP contribution in [0.2, 0.25) is 0 Å². The fourth-order valence-electron chi connectivity index (χ4n) is 4.46. The minimum atomic E-state index is -0.710. The van der Waals surface area contributed by atoms with E-state index >= 15 is 0 Å². The van der Waals surface area contributed by atoms with Gasteiger partial charge < -0.3 is 24.2 Å². The van der Waals surface area contributed by atoms with E-state index in [4.69, 9.17) is 14.2 Å². The molecular weight excluding hydrogens is 460 g/mol. The number of carbonyl (C=O) groups is 2. The van der Waals surface area contributed by atoms with Gasteiger partial charge in [-0.15, -0.1) is 0 Å². The van der Waals surface area contributed by atoms with Crippen LogP contribution in [-0.2, 0) is 14.3 Å². The number of morpholine rings is 1. The summed E-state index contributed by atoms with van der Waals surface area (Å²) in [5, 5.41) is 11.3. The largest absolute Gasteiger partial charge is 0.507 e. The molecule has 0 saturated carbocycles. The molecule has 2 aliphatic rings. The molecule has 2 aliphatic heterocycles. The van der Waals surface area contributed by atoms with Gasteiger partial charge in [0.15, 0.2) is 0 Å². The number of ketones is 1. The molecule has 0 bridgehead atoms.